The molecule has 0 heterocycles. The minimum atomic E-state index is -0.201. The Morgan fingerprint density at radius 2 is 2.25 bits per heavy atom. The predicted molar refractivity (Wildman–Crippen MR) is 41.7 cm³/mol. The number of hydrogen-bond acceptors (Lipinski definition) is 4. The van der Waals surface area contributed by atoms with Gasteiger partial charge in [0.05, 0.1) is 0 Å². The van der Waals surface area contributed by atoms with Crippen molar-refractivity contribution in [3.63, 3.8) is 0 Å². The molecule has 0 aromatic rings. The molecule has 0 bridgehead atoms. The van der Waals surface area contributed by atoms with E-state index in [0.29, 0.717) is 12.8 Å². The van der Waals surface area contributed by atoms with Gasteiger partial charge in [0.2, 0.25) is 12.3 Å². The molecule has 0 aromatic carbocycles. The van der Waals surface area contributed by atoms with E-state index in [0.717, 1.165) is 12.8 Å². The van der Waals surface area contributed by atoms with Crippen LogP contribution in [0.4, 0.5) is 0 Å². The lowest BCUT2D eigenvalue weighted by atomic mass is 10.2. The normalized spacial score (nSPS) is 9.75. The SMILES string of the molecule is CCCCC(=O)NN=NNC=O. The summed E-state index contributed by atoms with van der Waals surface area (Å²) < 4.78 is 0. The van der Waals surface area contributed by atoms with Crippen molar-refractivity contribution < 1.29 is 9.59 Å². The fourth-order valence-corrected chi connectivity index (χ4v) is 0.526. The first-order valence-corrected chi connectivity index (χ1v) is 3.69. The van der Waals surface area contributed by atoms with Crippen LogP contribution in [0.3, 0.4) is 0 Å². The highest BCUT2D eigenvalue weighted by atomic mass is 16.2. The van der Waals surface area contributed by atoms with Gasteiger partial charge >= 0.3 is 0 Å². The van der Waals surface area contributed by atoms with Crippen LogP contribution in [0.25, 0.3) is 0 Å². The van der Waals surface area contributed by atoms with Crippen LogP contribution in [0.5, 0.6) is 0 Å². The number of hydrogen-bond donors (Lipinski definition) is 2. The van der Waals surface area contributed by atoms with Crippen molar-refractivity contribution in [1.29, 1.82) is 0 Å². The minimum Gasteiger partial charge on any atom is -0.277 e. The van der Waals surface area contributed by atoms with Crippen molar-refractivity contribution in [2.45, 2.75) is 26.2 Å². The Bertz CT molecular complexity index is 169. The van der Waals surface area contributed by atoms with Crippen molar-refractivity contribution >= 4 is 12.3 Å². The molecule has 0 aromatic heterocycles. The molecular formula is C6H12N4O2. The third-order valence-corrected chi connectivity index (χ3v) is 1.09. The molecule has 12 heavy (non-hydrogen) atoms. The number of amides is 2. The first-order valence-electron chi connectivity index (χ1n) is 3.69. The van der Waals surface area contributed by atoms with Gasteiger partial charge in [0.15, 0.2) is 0 Å². The second-order valence-electron chi connectivity index (χ2n) is 2.09. The molecule has 6 nitrogen and oxygen atoms in total. The molecule has 0 atom stereocenters. The van der Waals surface area contributed by atoms with E-state index in [1.165, 1.54) is 0 Å². The molecule has 0 aliphatic rings. The summed E-state index contributed by atoms with van der Waals surface area (Å²) in [6.07, 6.45) is 2.57. The number of nitrogens with zero attached hydrogens (tertiary/aromatic N) is 2. The smallest absolute Gasteiger partial charge is 0.241 e. The van der Waals surface area contributed by atoms with Gasteiger partial charge < -0.3 is 0 Å². The summed E-state index contributed by atoms with van der Waals surface area (Å²) in [5.41, 5.74) is 4.07. The summed E-state index contributed by atoms with van der Waals surface area (Å²) in [7, 11) is 0. The maximum atomic E-state index is 10.8. The average Bonchev–Trinajstić information content (AvgIpc) is 2.09. The number of carbonyl (C=O) groups excluding carboxylic acids is 2. The van der Waals surface area contributed by atoms with Crippen molar-refractivity contribution in [2.24, 2.45) is 10.4 Å². The molecule has 0 saturated carbocycles. The number of nitrogens with one attached hydrogen (secondary N) is 2. The van der Waals surface area contributed by atoms with E-state index in [4.69, 9.17) is 0 Å². The van der Waals surface area contributed by atoms with E-state index in [9.17, 15) is 9.59 Å². The zero-order valence-corrected chi connectivity index (χ0v) is 6.91. The molecular weight excluding hydrogens is 160 g/mol. The van der Waals surface area contributed by atoms with Crippen molar-refractivity contribution in [3.8, 4) is 0 Å². The molecule has 2 amide bonds. The van der Waals surface area contributed by atoms with Gasteiger partial charge in [0.25, 0.3) is 0 Å². The van der Waals surface area contributed by atoms with Gasteiger partial charge in [-0.25, -0.2) is 10.9 Å². The van der Waals surface area contributed by atoms with E-state index in [1.54, 1.807) is 0 Å². The highest BCUT2D eigenvalue weighted by molar-refractivity contribution is 5.75. The molecule has 0 spiro atoms. The van der Waals surface area contributed by atoms with Crippen molar-refractivity contribution in [2.75, 3.05) is 0 Å². The summed E-state index contributed by atoms with van der Waals surface area (Å²) >= 11 is 0. The summed E-state index contributed by atoms with van der Waals surface area (Å²) in [5.74, 6) is -0.201. The number of unbranched alkanes of at least 4 members (excludes halogenated alkanes) is 1. The molecule has 68 valence electrons. The maximum absolute atomic E-state index is 10.8. The van der Waals surface area contributed by atoms with Gasteiger partial charge in [-0.2, -0.15) is 0 Å². The van der Waals surface area contributed by atoms with E-state index in [1.807, 2.05) is 12.3 Å². The fraction of sp³-hybridized carbons (Fsp3) is 0.667. The predicted octanol–water partition coefficient (Wildman–Crippen LogP) is 0.321. The Balaban J connectivity index is 3.36. The van der Waals surface area contributed by atoms with Crippen LogP contribution in [-0.2, 0) is 9.59 Å². The molecule has 6 heteroatoms. The van der Waals surface area contributed by atoms with Crippen LogP contribution in [-0.4, -0.2) is 12.3 Å². The zero-order chi connectivity index (χ0) is 9.23. The largest absolute Gasteiger partial charge is 0.277 e. The standard InChI is InChI=1S/C6H12N4O2/c1-2-3-4-6(12)8-10-9-7-5-11/h5H,2-4H2,1H3,(H,7,10,11)(H,8,9,12). The summed E-state index contributed by atoms with van der Waals surface area (Å²) in [6, 6.07) is 0. The van der Waals surface area contributed by atoms with Crippen LogP contribution < -0.4 is 10.9 Å². The van der Waals surface area contributed by atoms with Gasteiger partial charge in [0.1, 0.15) is 0 Å². The molecule has 2 N–H and O–H groups in total. The third kappa shape index (κ3) is 6.66. The maximum Gasteiger partial charge on any atom is 0.241 e. The summed E-state index contributed by atoms with van der Waals surface area (Å²) in [4.78, 5) is 20.4. The van der Waals surface area contributed by atoms with Gasteiger partial charge in [-0.3, -0.25) is 9.59 Å². The Labute approximate surface area is 70.4 Å². The van der Waals surface area contributed by atoms with E-state index in [-0.39, 0.29) is 5.91 Å². The topological polar surface area (TPSA) is 82.9 Å². The average molecular weight is 172 g/mol. The summed E-state index contributed by atoms with van der Waals surface area (Å²) in [5, 5.41) is 6.31. The Morgan fingerprint density at radius 1 is 1.50 bits per heavy atom. The molecule has 0 radical (unpaired) electrons. The van der Waals surface area contributed by atoms with Gasteiger partial charge in [-0.15, -0.1) is 0 Å². The third-order valence-electron chi connectivity index (χ3n) is 1.09. The number of carbonyl (C=O) groups is 2. The summed E-state index contributed by atoms with van der Waals surface area (Å²) in [6.45, 7) is 1.99. The number of rotatable bonds is 6. The molecule has 0 rings (SSSR count). The molecule has 0 unspecified atom stereocenters. The van der Waals surface area contributed by atoms with E-state index in [2.05, 4.69) is 15.9 Å². The van der Waals surface area contributed by atoms with Gasteiger partial charge in [-0.05, 0) is 16.9 Å². The minimum absolute atomic E-state index is 0.201. The van der Waals surface area contributed by atoms with E-state index < -0.39 is 0 Å². The molecule has 0 aliphatic carbocycles. The lowest BCUT2D eigenvalue weighted by Crippen LogP contribution is -2.17. The zero-order valence-electron chi connectivity index (χ0n) is 6.91. The highest BCUT2D eigenvalue weighted by Crippen LogP contribution is 1.92. The van der Waals surface area contributed by atoms with Crippen molar-refractivity contribution in [3.05, 3.63) is 0 Å². The van der Waals surface area contributed by atoms with Crippen LogP contribution in [0.15, 0.2) is 10.4 Å². The second-order valence-corrected chi connectivity index (χ2v) is 2.09. The Morgan fingerprint density at radius 3 is 2.83 bits per heavy atom. The monoisotopic (exact) mass is 172 g/mol. The van der Waals surface area contributed by atoms with Crippen LogP contribution in [0.2, 0.25) is 0 Å². The lowest BCUT2D eigenvalue weighted by molar-refractivity contribution is -0.121. The van der Waals surface area contributed by atoms with Crippen LogP contribution in [0.1, 0.15) is 26.2 Å². The fourth-order valence-electron chi connectivity index (χ4n) is 0.526. The van der Waals surface area contributed by atoms with Crippen LogP contribution in [0, 0.1) is 0 Å². The van der Waals surface area contributed by atoms with Gasteiger partial charge in [0, 0.05) is 6.42 Å². The quantitative estimate of drug-likeness (QED) is 0.343. The highest BCUT2D eigenvalue weighted by Gasteiger charge is 1.96. The first kappa shape index (κ1) is 10.5. The van der Waals surface area contributed by atoms with Crippen LogP contribution >= 0.6 is 0 Å². The Kier molecular flexibility index (Phi) is 6.71. The van der Waals surface area contributed by atoms with Crippen molar-refractivity contribution in [1.82, 2.24) is 10.9 Å². The molecule has 0 saturated heterocycles. The molecule has 0 aliphatic heterocycles. The van der Waals surface area contributed by atoms with Gasteiger partial charge in [-0.1, -0.05) is 13.3 Å². The molecule has 0 fully saturated rings. The lowest BCUT2D eigenvalue weighted by Gasteiger charge is -1.94. The second kappa shape index (κ2) is 7.64. The first-order chi connectivity index (χ1) is 5.81. The Hall–Kier alpha value is -1.46. The van der Waals surface area contributed by atoms with E-state index >= 15 is 0 Å².